The number of aliphatic hydroxyl groups is 4. The van der Waals surface area contributed by atoms with Crippen LogP contribution in [0, 0.1) is 0 Å². The maximum atomic E-state index is 10.0. The van der Waals surface area contributed by atoms with Crippen molar-refractivity contribution >= 4 is 18.1 Å². The average Bonchev–Trinajstić information content (AvgIpc) is 2.70. The van der Waals surface area contributed by atoms with E-state index < -0.39 is 24.9 Å². The topological polar surface area (TPSA) is 144 Å². The molecule has 0 saturated carbocycles. The minimum absolute atomic E-state index is 0.0869. The van der Waals surface area contributed by atoms with Gasteiger partial charge in [-0.15, -0.1) is 0 Å². The van der Waals surface area contributed by atoms with Gasteiger partial charge in [-0.1, -0.05) is 0 Å². The molecule has 0 bridgehead atoms. The molecule has 17 heavy (non-hydrogen) atoms. The Morgan fingerprint density at radius 3 is 1.88 bits per heavy atom. The third-order valence-corrected chi connectivity index (χ3v) is 1.70. The van der Waals surface area contributed by atoms with E-state index in [9.17, 15) is 14.4 Å². The third-order valence-electron chi connectivity index (χ3n) is 1.70. The molecule has 96 valence electrons. The average molecular weight is 247 g/mol. The maximum Gasteiger partial charge on any atom is 0.250 e. The van der Waals surface area contributed by atoms with Crippen LogP contribution in [0.4, 0.5) is 0 Å². The Bertz CT molecular complexity index is 298. The van der Waals surface area contributed by atoms with Gasteiger partial charge in [0.25, 0.3) is 11.8 Å². The Morgan fingerprint density at radius 2 is 1.65 bits per heavy atom. The number of carbonyl (C=O) groups is 3. The second-order valence-corrected chi connectivity index (χ2v) is 3.05. The fourth-order valence-corrected chi connectivity index (χ4v) is 0.772. The molecule has 2 amide bonds. The fraction of sp³-hybridized carbons (Fsp3) is 0.444. The van der Waals surface area contributed by atoms with Crippen LogP contribution in [0.5, 0.6) is 0 Å². The zero-order chi connectivity index (χ0) is 13.4. The Kier molecular flexibility index (Phi) is 6.91. The number of imide groups is 1. The molecule has 0 aromatic carbocycles. The van der Waals surface area contributed by atoms with Gasteiger partial charge in [-0.05, 0) is 0 Å². The van der Waals surface area contributed by atoms with Crippen LogP contribution in [0.25, 0.3) is 0 Å². The van der Waals surface area contributed by atoms with Crippen molar-refractivity contribution in [3.63, 3.8) is 0 Å². The largest absolute Gasteiger partial charge is 0.394 e. The van der Waals surface area contributed by atoms with Crippen LogP contribution < -0.4 is 5.32 Å². The summed E-state index contributed by atoms with van der Waals surface area (Å²) >= 11 is 0. The number of hydrogen-bond donors (Lipinski definition) is 5. The van der Waals surface area contributed by atoms with E-state index in [0.29, 0.717) is 0 Å². The van der Waals surface area contributed by atoms with Crippen molar-refractivity contribution in [1.29, 1.82) is 0 Å². The van der Waals surface area contributed by atoms with Crippen LogP contribution in [0.2, 0.25) is 0 Å². The van der Waals surface area contributed by atoms with Gasteiger partial charge in [0.1, 0.15) is 18.3 Å². The van der Waals surface area contributed by atoms with Crippen LogP contribution >= 0.6 is 0 Å². The van der Waals surface area contributed by atoms with Crippen molar-refractivity contribution in [3.8, 4) is 0 Å². The molecule has 8 heteroatoms. The summed E-state index contributed by atoms with van der Waals surface area (Å²) < 4.78 is 0. The minimum atomic E-state index is -1.64. The highest BCUT2D eigenvalue weighted by molar-refractivity contribution is 6.12. The summed E-state index contributed by atoms with van der Waals surface area (Å²) in [6, 6.07) is 0. The van der Waals surface area contributed by atoms with E-state index in [-0.39, 0.29) is 18.1 Å². The molecule has 5 N–H and O–H groups in total. The highest BCUT2D eigenvalue weighted by atomic mass is 16.4. The molecule has 1 aliphatic rings. The predicted octanol–water partition coefficient (Wildman–Crippen LogP) is -3.54. The van der Waals surface area contributed by atoms with E-state index in [4.69, 9.17) is 20.4 Å². The highest BCUT2D eigenvalue weighted by Gasteiger charge is 2.22. The van der Waals surface area contributed by atoms with Gasteiger partial charge in [-0.25, -0.2) is 0 Å². The van der Waals surface area contributed by atoms with Crippen molar-refractivity contribution in [2.75, 3.05) is 6.61 Å². The predicted molar refractivity (Wildman–Crippen MR) is 53.5 cm³/mol. The van der Waals surface area contributed by atoms with Gasteiger partial charge >= 0.3 is 0 Å². The lowest BCUT2D eigenvalue weighted by Gasteiger charge is -2.16. The summed E-state index contributed by atoms with van der Waals surface area (Å²) in [6.07, 6.45) is -2.24. The van der Waals surface area contributed by atoms with Crippen molar-refractivity contribution in [1.82, 2.24) is 5.32 Å². The number of rotatable bonds is 4. The molecule has 3 unspecified atom stereocenters. The monoisotopic (exact) mass is 247 g/mol. The van der Waals surface area contributed by atoms with E-state index in [1.807, 2.05) is 5.32 Å². The van der Waals surface area contributed by atoms with E-state index in [1.54, 1.807) is 0 Å². The maximum absolute atomic E-state index is 10.0. The van der Waals surface area contributed by atoms with Gasteiger partial charge in [0.15, 0.2) is 6.29 Å². The van der Waals surface area contributed by atoms with E-state index in [0.717, 1.165) is 0 Å². The first-order valence-electron chi connectivity index (χ1n) is 4.55. The normalized spacial score (nSPS) is 18.8. The number of aliphatic hydroxyl groups excluding tert-OH is 4. The summed E-state index contributed by atoms with van der Waals surface area (Å²) in [5.74, 6) is -0.657. The second kappa shape index (κ2) is 7.63. The molecule has 0 aliphatic carbocycles. The van der Waals surface area contributed by atoms with Crippen LogP contribution in [0.15, 0.2) is 12.2 Å². The minimum Gasteiger partial charge on any atom is -0.394 e. The molecule has 0 radical (unpaired) electrons. The Hall–Kier alpha value is -1.61. The van der Waals surface area contributed by atoms with Crippen LogP contribution in [0.3, 0.4) is 0 Å². The molecule has 0 aromatic heterocycles. The molecule has 0 spiro atoms. The lowest BCUT2D eigenvalue weighted by atomic mass is 10.1. The molecular formula is C9H13NO7. The number of amides is 2. The molecule has 1 rings (SSSR count). The fourth-order valence-electron chi connectivity index (χ4n) is 0.772. The first-order chi connectivity index (χ1) is 7.92. The molecule has 0 aromatic rings. The van der Waals surface area contributed by atoms with E-state index in [2.05, 4.69) is 0 Å². The Morgan fingerprint density at radius 1 is 1.18 bits per heavy atom. The number of hydrogen-bond acceptors (Lipinski definition) is 7. The van der Waals surface area contributed by atoms with Gasteiger partial charge in [0.2, 0.25) is 0 Å². The molecule has 1 heterocycles. The molecule has 0 fully saturated rings. The van der Waals surface area contributed by atoms with Crippen molar-refractivity contribution < 1.29 is 34.8 Å². The smallest absolute Gasteiger partial charge is 0.250 e. The first-order valence-corrected chi connectivity index (χ1v) is 4.55. The van der Waals surface area contributed by atoms with Gasteiger partial charge < -0.3 is 25.2 Å². The number of nitrogens with one attached hydrogen (secondary N) is 1. The van der Waals surface area contributed by atoms with Gasteiger partial charge in [-0.3, -0.25) is 14.9 Å². The second-order valence-electron chi connectivity index (χ2n) is 3.05. The summed E-state index contributed by atoms with van der Waals surface area (Å²) in [5.41, 5.74) is 0. The van der Waals surface area contributed by atoms with Gasteiger partial charge in [0.05, 0.1) is 6.61 Å². The zero-order valence-corrected chi connectivity index (χ0v) is 8.68. The summed E-state index contributed by atoms with van der Waals surface area (Å²) in [6.45, 7) is -0.688. The molecule has 8 nitrogen and oxygen atoms in total. The zero-order valence-electron chi connectivity index (χ0n) is 8.68. The Balaban J connectivity index is 0.000000318. The van der Waals surface area contributed by atoms with Crippen LogP contribution in [0.1, 0.15) is 0 Å². The van der Waals surface area contributed by atoms with Gasteiger partial charge in [-0.2, -0.15) is 0 Å². The summed E-state index contributed by atoms with van der Waals surface area (Å²) in [7, 11) is 0. The standard InChI is InChI=1S/C5H10O5.C4H3NO2/c6-1-3(8)5(10)4(9)2-7;6-3-1-2-4(7)5-3/h1,3-5,7-10H,2H2;1-2H,(H,5,6,7). The first kappa shape index (κ1) is 15.4. The molecule has 0 saturated heterocycles. The van der Waals surface area contributed by atoms with Crippen molar-refractivity contribution in [2.24, 2.45) is 0 Å². The third kappa shape index (κ3) is 5.88. The molecule has 3 atom stereocenters. The summed E-state index contributed by atoms with van der Waals surface area (Å²) in [5, 5.41) is 36.1. The van der Waals surface area contributed by atoms with Crippen LogP contribution in [-0.2, 0) is 14.4 Å². The van der Waals surface area contributed by atoms with Crippen molar-refractivity contribution in [3.05, 3.63) is 12.2 Å². The molecule has 1 aliphatic heterocycles. The van der Waals surface area contributed by atoms with Gasteiger partial charge in [0, 0.05) is 12.2 Å². The van der Waals surface area contributed by atoms with Crippen LogP contribution in [-0.4, -0.2) is 63.4 Å². The summed E-state index contributed by atoms with van der Waals surface area (Å²) in [4.78, 5) is 29.8. The van der Waals surface area contributed by atoms with E-state index in [1.165, 1.54) is 12.2 Å². The number of aldehydes is 1. The molecular weight excluding hydrogens is 234 g/mol. The highest BCUT2D eigenvalue weighted by Crippen LogP contribution is 1.96. The quantitative estimate of drug-likeness (QED) is 0.255. The lowest BCUT2D eigenvalue weighted by molar-refractivity contribution is -0.128. The van der Waals surface area contributed by atoms with E-state index >= 15 is 0 Å². The SMILES string of the molecule is O=C1C=CC(=O)N1.O=CC(O)C(O)C(O)CO. The number of carbonyl (C=O) groups excluding carboxylic acids is 3. The van der Waals surface area contributed by atoms with Crippen molar-refractivity contribution in [2.45, 2.75) is 18.3 Å². The lowest BCUT2D eigenvalue weighted by Crippen LogP contribution is -2.40. The Labute approximate surface area is 96.2 Å².